The lowest BCUT2D eigenvalue weighted by atomic mass is 10.2. The molecule has 0 aliphatic rings. The van der Waals surface area contributed by atoms with Crippen molar-refractivity contribution in [1.82, 2.24) is 10.3 Å². The molecule has 1 heterocycles. The predicted octanol–water partition coefficient (Wildman–Crippen LogP) is 3.58. The second-order valence-corrected chi connectivity index (χ2v) is 5.39. The van der Waals surface area contributed by atoms with Gasteiger partial charge in [0.05, 0.1) is 5.01 Å². The van der Waals surface area contributed by atoms with Crippen molar-refractivity contribution in [1.29, 1.82) is 0 Å². The number of benzene rings is 1. The normalized spacial score (nSPS) is 10.8. The molecule has 0 amide bonds. The average Bonchev–Trinajstić information content (AvgIpc) is 2.73. The molecule has 1 N–H and O–H groups in total. The van der Waals surface area contributed by atoms with Crippen LogP contribution in [0, 0.1) is 12.7 Å². The standard InChI is InChI=1S/C13H14ClFN2S/c1-9-8-18-13(17-9)4-5-16-7-10-2-3-11(15)6-12(10)14/h2-3,6,8,16H,4-5,7H2,1H3. The van der Waals surface area contributed by atoms with E-state index in [-0.39, 0.29) is 5.82 Å². The summed E-state index contributed by atoms with van der Waals surface area (Å²) in [6.45, 7) is 3.47. The first-order valence-electron chi connectivity index (χ1n) is 5.71. The summed E-state index contributed by atoms with van der Waals surface area (Å²) >= 11 is 7.61. The van der Waals surface area contributed by atoms with E-state index in [1.807, 2.05) is 12.3 Å². The molecule has 0 aliphatic carbocycles. The highest BCUT2D eigenvalue weighted by molar-refractivity contribution is 7.09. The molecule has 0 spiro atoms. The summed E-state index contributed by atoms with van der Waals surface area (Å²) < 4.78 is 12.8. The summed E-state index contributed by atoms with van der Waals surface area (Å²) in [5.74, 6) is -0.304. The monoisotopic (exact) mass is 284 g/mol. The second kappa shape index (κ2) is 6.27. The number of nitrogens with zero attached hydrogens (tertiary/aromatic N) is 1. The van der Waals surface area contributed by atoms with E-state index < -0.39 is 0 Å². The summed E-state index contributed by atoms with van der Waals surface area (Å²) in [5, 5.41) is 6.92. The van der Waals surface area contributed by atoms with Crippen LogP contribution in [0.15, 0.2) is 23.6 Å². The number of hydrogen-bond donors (Lipinski definition) is 1. The molecule has 0 atom stereocenters. The Morgan fingerprint density at radius 1 is 1.44 bits per heavy atom. The van der Waals surface area contributed by atoms with E-state index in [0.29, 0.717) is 11.6 Å². The molecule has 18 heavy (non-hydrogen) atoms. The van der Waals surface area contributed by atoms with Gasteiger partial charge >= 0.3 is 0 Å². The zero-order valence-corrected chi connectivity index (χ0v) is 11.6. The van der Waals surface area contributed by atoms with Crippen LogP contribution < -0.4 is 5.32 Å². The van der Waals surface area contributed by atoms with E-state index in [1.165, 1.54) is 12.1 Å². The summed E-state index contributed by atoms with van der Waals surface area (Å²) in [7, 11) is 0. The molecule has 2 aromatic rings. The Kier molecular flexibility index (Phi) is 4.69. The summed E-state index contributed by atoms with van der Waals surface area (Å²) in [4.78, 5) is 4.39. The van der Waals surface area contributed by atoms with Gasteiger partial charge in [-0.15, -0.1) is 11.3 Å². The minimum absolute atomic E-state index is 0.304. The van der Waals surface area contributed by atoms with Crippen LogP contribution >= 0.6 is 22.9 Å². The first-order valence-corrected chi connectivity index (χ1v) is 6.96. The van der Waals surface area contributed by atoms with Gasteiger partial charge in [-0.2, -0.15) is 0 Å². The first-order chi connectivity index (χ1) is 8.65. The molecule has 2 rings (SSSR count). The Bertz CT molecular complexity index is 527. The van der Waals surface area contributed by atoms with Gasteiger partial charge in [0.2, 0.25) is 0 Å². The average molecular weight is 285 g/mol. The van der Waals surface area contributed by atoms with E-state index in [0.717, 1.165) is 29.2 Å². The van der Waals surface area contributed by atoms with E-state index in [1.54, 1.807) is 17.4 Å². The van der Waals surface area contributed by atoms with Crippen LogP contribution in [0.2, 0.25) is 5.02 Å². The number of rotatable bonds is 5. The molecule has 0 radical (unpaired) electrons. The Hall–Kier alpha value is -0.970. The molecule has 0 bridgehead atoms. The van der Waals surface area contributed by atoms with Crippen molar-refractivity contribution in [2.45, 2.75) is 19.9 Å². The van der Waals surface area contributed by atoms with Gasteiger partial charge in [0, 0.05) is 35.6 Å². The van der Waals surface area contributed by atoms with Crippen molar-refractivity contribution in [2.24, 2.45) is 0 Å². The maximum atomic E-state index is 12.8. The van der Waals surface area contributed by atoms with Crippen molar-refractivity contribution >= 4 is 22.9 Å². The highest BCUT2D eigenvalue weighted by atomic mass is 35.5. The lowest BCUT2D eigenvalue weighted by molar-refractivity contribution is 0.625. The zero-order valence-electron chi connectivity index (χ0n) is 10.0. The molecule has 0 saturated carbocycles. The summed E-state index contributed by atoms with van der Waals surface area (Å²) in [6, 6.07) is 4.47. The van der Waals surface area contributed by atoms with Gasteiger partial charge in [-0.25, -0.2) is 9.37 Å². The molecule has 1 aromatic carbocycles. The molecule has 0 aliphatic heterocycles. The van der Waals surface area contributed by atoms with Crippen molar-refractivity contribution in [3.05, 3.63) is 50.7 Å². The van der Waals surface area contributed by atoms with Crippen LogP contribution in [-0.4, -0.2) is 11.5 Å². The van der Waals surface area contributed by atoms with Crippen LogP contribution in [0.5, 0.6) is 0 Å². The Morgan fingerprint density at radius 2 is 2.28 bits per heavy atom. The number of hydrogen-bond acceptors (Lipinski definition) is 3. The number of aryl methyl sites for hydroxylation is 1. The van der Waals surface area contributed by atoms with Crippen LogP contribution in [-0.2, 0) is 13.0 Å². The first kappa shape index (κ1) is 13.5. The Labute approximate surface area is 115 Å². The fraction of sp³-hybridized carbons (Fsp3) is 0.308. The minimum atomic E-state index is -0.304. The topological polar surface area (TPSA) is 24.9 Å². The van der Waals surface area contributed by atoms with E-state index >= 15 is 0 Å². The third-order valence-corrected chi connectivity index (χ3v) is 3.89. The SMILES string of the molecule is Cc1csc(CCNCc2ccc(F)cc2Cl)n1. The van der Waals surface area contributed by atoms with Gasteiger partial charge in [-0.1, -0.05) is 17.7 Å². The van der Waals surface area contributed by atoms with E-state index in [2.05, 4.69) is 10.3 Å². The predicted molar refractivity (Wildman–Crippen MR) is 73.7 cm³/mol. The number of nitrogens with one attached hydrogen (secondary N) is 1. The molecular formula is C13H14ClFN2S. The maximum Gasteiger partial charge on any atom is 0.124 e. The van der Waals surface area contributed by atoms with Gasteiger partial charge in [0.1, 0.15) is 5.82 Å². The number of halogens is 2. The molecule has 0 fully saturated rings. The fourth-order valence-electron chi connectivity index (χ4n) is 1.60. The van der Waals surface area contributed by atoms with Gasteiger partial charge in [0.25, 0.3) is 0 Å². The molecule has 0 unspecified atom stereocenters. The number of thiazole rings is 1. The molecule has 0 saturated heterocycles. The molecule has 1 aromatic heterocycles. The maximum absolute atomic E-state index is 12.8. The quantitative estimate of drug-likeness (QED) is 0.849. The Balaban J connectivity index is 1.78. The second-order valence-electron chi connectivity index (χ2n) is 4.05. The molecule has 96 valence electrons. The van der Waals surface area contributed by atoms with E-state index in [9.17, 15) is 4.39 Å². The fourth-order valence-corrected chi connectivity index (χ4v) is 2.61. The highest BCUT2D eigenvalue weighted by Crippen LogP contribution is 2.16. The summed E-state index contributed by atoms with van der Waals surface area (Å²) in [6.07, 6.45) is 0.900. The van der Waals surface area contributed by atoms with Crippen molar-refractivity contribution < 1.29 is 4.39 Å². The highest BCUT2D eigenvalue weighted by Gasteiger charge is 2.02. The molecule has 5 heteroatoms. The largest absolute Gasteiger partial charge is 0.312 e. The van der Waals surface area contributed by atoms with Crippen LogP contribution in [0.4, 0.5) is 4.39 Å². The molecule has 2 nitrogen and oxygen atoms in total. The smallest absolute Gasteiger partial charge is 0.124 e. The van der Waals surface area contributed by atoms with Gasteiger partial charge in [-0.3, -0.25) is 0 Å². The third-order valence-electron chi connectivity index (χ3n) is 2.51. The van der Waals surface area contributed by atoms with Crippen molar-refractivity contribution in [2.75, 3.05) is 6.54 Å². The lowest BCUT2D eigenvalue weighted by Gasteiger charge is -2.05. The van der Waals surface area contributed by atoms with Gasteiger partial charge in [-0.05, 0) is 24.6 Å². The zero-order chi connectivity index (χ0) is 13.0. The molecular weight excluding hydrogens is 271 g/mol. The van der Waals surface area contributed by atoms with Crippen LogP contribution in [0.1, 0.15) is 16.3 Å². The minimum Gasteiger partial charge on any atom is -0.312 e. The van der Waals surface area contributed by atoms with Crippen LogP contribution in [0.3, 0.4) is 0 Å². The van der Waals surface area contributed by atoms with Gasteiger partial charge < -0.3 is 5.32 Å². The van der Waals surface area contributed by atoms with E-state index in [4.69, 9.17) is 11.6 Å². The lowest BCUT2D eigenvalue weighted by Crippen LogP contribution is -2.16. The summed E-state index contributed by atoms with van der Waals surface area (Å²) in [5.41, 5.74) is 1.98. The number of aromatic nitrogens is 1. The van der Waals surface area contributed by atoms with Crippen molar-refractivity contribution in [3.63, 3.8) is 0 Å². The van der Waals surface area contributed by atoms with Crippen molar-refractivity contribution in [3.8, 4) is 0 Å². The Morgan fingerprint density at radius 3 is 2.94 bits per heavy atom. The third kappa shape index (κ3) is 3.77. The van der Waals surface area contributed by atoms with Crippen LogP contribution in [0.25, 0.3) is 0 Å². The van der Waals surface area contributed by atoms with Gasteiger partial charge in [0.15, 0.2) is 0 Å².